The Hall–Kier alpha value is -1.87. The molecule has 3 aromatic rings. The number of anilines is 1. The molecule has 100 valence electrons. The lowest BCUT2D eigenvalue weighted by molar-refractivity contribution is 0.748. The lowest BCUT2D eigenvalue weighted by atomic mass is 9.98. The summed E-state index contributed by atoms with van der Waals surface area (Å²) in [5, 5.41) is 4.74. The topological polar surface area (TPSA) is 24.9 Å². The quantitative estimate of drug-likeness (QED) is 0.754. The summed E-state index contributed by atoms with van der Waals surface area (Å²) in [6.45, 7) is 3.16. The second-order valence-electron chi connectivity index (χ2n) is 5.40. The number of nitrogens with zero attached hydrogens (tertiary/aromatic N) is 1. The van der Waals surface area contributed by atoms with Crippen molar-refractivity contribution in [3.05, 3.63) is 58.6 Å². The predicted octanol–water partition coefficient (Wildman–Crippen LogP) is 4.36. The molecular formula is C17H16N2S. The van der Waals surface area contributed by atoms with E-state index in [-0.39, 0.29) is 0 Å². The molecule has 0 radical (unpaired) electrons. The van der Waals surface area contributed by atoms with Crippen molar-refractivity contribution in [3.63, 3.8) is 0 Å². The van der Waals surface area contributed by atoms with Crippen LogP contribution < -0.4 is 5.32 Å². The van der Waals surface area contributed by atoms with Crippen molar-refractivity contribution < 1.29 is 0 Å². The lowest BCUT2D eigenvalue weighted by Crippen LogP contribution is -2.05. The summed E-state index contributed by atoms with van der Waals surface area (Å²) in [5.74, 6) is 0.548. The maximum absolute atomic E-state index is 4.84. The molecule has 1 atom stereocenters. The number of nitrogens with one attached hydrogen (secondary N) is 1. The van der Waals surface area contributed by atoms with E-state index in [0.29, 0.717) is 5.92 Å². The molecule has 20 heavy (non-hydrogen) atoms. The van der Waals surface area contributed by atoms with E-state index in [9.17, 15) is 0 Å². The van der Waals surface area contributed by atoms with Gasteiger partial charge in [0.05, 0.1) is 15.2 Å². The molecule has 0 bridgehead atoms. The Morgan fingerprint density at radius 2 is 2.10 bits per heavy atom. The van der Waals surface area contributed by atoms with Crippen LogP contribution in [0, 0.1) is 6.92 Å². The van der Waals surface area contributed by atoms with Gasteiger partial charge in [0, 0.05) is 24.6 Å². The molecular weight excluding hydrogens is 264 g/mol. The molecule has 0 saturated carbocycles. The van der Waals surface area contributed by atoms with Crippen molar-refractivity contribution in [2.45, 2.75) is 19.3 Å². The lowest BCUT2D eigenvalue weighted by Gasteiger charge is -2.07. The highest BCUT2D eigenvalue weighted by molar-refractivity contribution is 7.18. The summed E-state index contributed by atoms with van der Waals surface area (Å²) in [5.41, 5.74) is 5.17. The minimum Gasteiger partial charge on any atom is -0.384 e. The van der Waals surface area contributed by atoms with E-state index in [1.54, 1.807) is 0 Å². The highest BCUT2D eigenvalue weighted by Gasteiger charge is 2.23. The van der Waals surface area contributed by atoms with Gasteiger partial charge in [-0.25, -0.2) is 4.98 Å². The fraction of sp³-hybridized carbons (Fsp3) is 0.235. The number of aromatic nitrogens is 1. The van der Waals surface area contributed by atoms with E-state index >= 15 is 0 Å². The molecule has 1 aromatic heterocycles. The van der Waals surface area contributed by atoms with Crippen LogP contribution in [0.5, 0.6) is 0 Å². The van der Waals surface area contributed by atoms with Gasteiger partial charge in [-0.2, -0.15) is 0 Å². The third-order valence-corrected chi connectivity index (χ3v) is 5.07. The molecule has 1 N–H and O–H groups in total. The van der Waals surface area contributed by atoms with E-state index in [4.69, 9.17) is 4.98 Å². The molecule has 0 amide bonds. The van der Waals surface area contributed by atoms with E-state index in [1.165, 1.54) is 32.0 Å². The number of rotatable bonds is 2. The first kappa shape index (κ1) is 11.9. The van der Waals surface area contributed by atoms with Crippen LogP contribution >= 0.6 is 11.3 Å². The highest BCUT2D eigenvalue weighted by atomic mass is 32.1. The highest BCUT2D eigenvalue weighted by Crippen LogP contribution is 2.35. The largest absolute Gasteiger partial charge is 0.384 e. The first-order valence-electron chi connectivity index (χ1n) is 6.99. The summed E-state index contributed by atoms with van der Waals surface area (Å²) in [6, 6.07) is 15.0. The number of para-hydroxylation sites is 2. The maximum Gasteiger partial charge on any atom is 0.0945 e. The van der Waals surface area contributed by atoms with Gasteiger partial charge in [0.25, 0.3) is 0 Å². The molecule has 0 fully saturated rings. The monoisotopic (exact) mass is 280 g/mol. The number of benzene rings is 2. The smallest absolute Gasteiger partial charge is 0.0945 e. The van der Waals surface area contributed by atoms with Gasteiger partial charge in [-0.15, -0.1) is 11.3 Å². The molecule has 4 rings (SSSR count). The normalized spacial score (nSPS) is 17.1. The second-order valence-corrected chi connectivity index (χ2v) is 6.51. The molecule has 1 aliphatic rings. The van der Waals surface area contributed by atoms with Crippen molar-refractivity contribution in [2.24, 2.45) is 0 Å². The van der Waals surface area contributed by atoms with Crippen molar-refractivity contribution in [2.75, 3.05) is 11.9 Å². The molecule has 1 aliphatic heterocycles. The molecule has 2 heterocycles. The standard InChI is InChI=1S/C17H16N2S/c1-11-5-4-8-15-17(11)19-16(20-15)9-12-10-18-14-7-3-2-6-13(12)14/h2-8,12,18H,9-10H2,1H3. The Kier molecular flexibility index (Phi) is 2.74. The van der Waals surface area contributed by atoms with Gasteiger partial charge >= 0.3 is 0 Å². The molecule has 1 unspecified atom stereocenters. The SMILES string of the molecule is Cc1cccc2sc(CC3CNc4ccccc43)nc12. The number of hydrogen-bond donors (Lipinski definition) is 1. The second kappa shape index (κ2) is 4.60. The van der Waals surface area contributed by atoms with Crippen LogP contribution in [-0.4, -0.2) is 11.5 Å². The Bertz CT molecular complexity index is 776. The summed E-state index contributed by atoms with van der Waals surface area (Å²) >= 11 is 1.83. The minimum atomic E-state index is 0.548. The summed E-state index contributed by atoms with van der Waals surface area (Å²) in [7, 11) is 0. The van der Waals surface area contributed by atoms with Gasteiger partial charge in [-0.1, -0.05) is 30.3 Å². The third-order valence-electron chi connectivity index (χ3n) is 4.03. The Morgan fingerprint density at radius 1 is 1.20 bits per heavy atom. The minimum absolute atomic E-state index is 0.548. The fourth-order valence-electron chi connectivity index (χ4n) is 2.97. The van der Waals surface area contributed by atoms with Gasteiger partial charge in [0.15, 0.2) is 0 Å². The summed E-state index contributed by atoms with van der Waals surface area (Å²) in [4.78, 5) is 4.84. The predicted molar refractivity (Wildman–Crippen MR) is 85.7 cm³/mol. The zero-order valence-corrected chi connectivity index (χ0v) is 12.2. The van der Waals surface area contributed by atoms with E-state index in [0.717, 1.165) is 13.0 Å². The van der Waals surface area contributed by atoms with Crippen molar-refractivity contribution >= 4 is 27.2 Å². The number of thiazole rings is 1. The molecule has 0 saturated heterocycles. The van der Waals surface area contributed by atoms with Crippen LogP contribution in [-0.2, 0) is 6.42 Å². The summed E-state index contributed by atoms with van der Waals surface area (Å²) in [6.07, 6.45) is 1.03. The van der Waals surface area contributed by atoms with Gasteiger partial charge in [0.2, 0.25) is 0 Å². The van der Waals surface area contributed by atoms with E-state index in [1.807, 2.05) is 11.3 Å². The maximum atomic E-state index is 4.84. The fourth-order valence-corrected chi connectivity index (χ4v) is 4.09. The molecule has 2 aromatic carbocycles. The zero-order chi connectivity index (χ0) is 13.5. The summed E-state index contributed by atoms with van der Waals surface area (Å²) < 4.78 is 1.30. The average Bonchev–Trinajstić information content (AvgIpc) is 3.05. The van der Waals surface area contributed by atoms with Crippen LogP contribution in [0.1, 0.15) is 22.1 Å². The zero-order valence-electron chi connectivity index (χ0n) is 11.4. The van der Waals surface area contributed by atoms with Crippen LogP contribution in [0.3, 0.4) is 0 Å². The first-order valence-corrected chi connectivity index (χ1v) is 7.81. The number of aryl methyl sites for hydroxylation is 1. The van der Waals surface area contributed by atoms with Crippen molar-refractivity contribution in [1.29, 1.82) is 0 Å². The number of hydrogen-bond acceptors (Lipinski definition) is 3. The van der Waals surface area contributed by atoms with Crippen LogP contribution in [0.4, 0.5) is 5.69 Å². The number of fused-ring (bicyclic) bond motifs is 2. The molecule has 3 heteroatoms. The first-order chi connectivity index (χ1) is 9.81. The van der Waals surface area contributed by atoms with Crippen LogP contribution in [0.15, 0.2) is 42.5 Å². The van der Waals surface area contributed by atoms with Gasteiger partial charge in [-0.3, -0.25) is 0 Å². The van der Waals surface area contributed by atoms with Crippen LogP contribution in [0.2, 0.25) is 0 Å². The van der Waals surface area contributed by atoms with E-state index in [2.05, 4.69) is 54.7 Å². The molecule has 0 spiro atoms. The molecule has 0 aliphatic carbocycles. The Morgan fingerprint density at radius 3 is 3.00 bits per heavy atom. The third kappa shape index (κ3) is 1.90. The Labute approximate surface area is 122 Å². The van der Waals surface area contributed by atoms with Gasteiger partial charge in [0.1, 0.15) is 0 Å². The van der Waals surface area contributed by atoms with Crippen LogP contribution in [0.25, 0.3) is 10.2 Å². The van der Waals surface area contributed by atoms with E-state index < -0.39 is 0 Å². The molecule has 2 nitrogen and oxygen atoms in total. The average molecular weight is 280 g/mol. The van der Waals surface area contributed by atoms with Gasteiger partial charge in [-0.05, 0) is 30.2 Å². The van der Waals surface area contributed by atoms with Crippen molar-refractivity contribution in [1.82, 2.24) is 4.98 Å². The Balaban J connectivity index is 1.67. The van der Waals surface area contributed by atoms with Crippen molar-refractivity contribution in [3.8, 4) is 0 Å². The van der Waals surface area contributed by atoms with Gasteiger partial charge < -0.3 is 5.32 Å².